The second-order valence-electron chi connectivity index (χ2n) is 5.95. The van der Waals surface area contributed by atoms with E-state index in [-0.39, 0.29) is 23.2 Å². The summed E-state index contributed by atoms with van der Waals surface area (Å²) in [5.74, 6) is -0.135. The lowest BCUT2D eigenvalue weighted by molar-refractivity contribution is -0.384. The van der Waals surface area contributed by atoms with Gasteiger partial charge in [-0.3, -0.25) is 19.7 Å². The van der Waals surface area contributed by atoms with Crippen LogP contribution in [-0.4, -0.2) is 26.8 Å². The number of aromatic amines is 1. The van der Waals surface area contributed by atoms with Crippen LogP contribution >= 0.6 is 0 Å². The number of aryl methyl sites for hydroxylation is 1. The largest absolute Gasteiger partial charge is 0.331 e. The first-order chi connectivity index (χ1) is 11.5. The van der Waals surface area contributed by atoms with Crippen LogP contribution in [-0.2, 0) is 6.54 Å². The summed E-state index contributed by atoms with van der Waals surface area (Å²) in [6.07, 6.45) is 1.89. The maximum absolute atomic E-state index is 12.8. The van der Waals surface area contributed by atoms with Gasteiger partial charge in [-0.05, 0) is 31.4 Å². The molecule has 1 N–H and O–H groups in total. The molecule has 1 amide bonds. The zero-order valence-corrected chi connectivity index (χ0v) is 13.2. The first-order valence-electron chi connectivity index (χ1n) is 7.70. The lowest BCUT2D eigenvalue weighted by Crippen LogP contribution is -2.33. The van der Waals surface area contributed by atoms with E-state index < -0.39 is 4.92 Å². The minimum absolute atomic E-state index is 0.0273. The van der Waals surface area contributed by atoms with Crippen molar-refractivity contribution < 1.29 is 9.72 Å². The Labute approximate surface area is 138 Å². The maximum atomic E-state index is 12.8. The predicted molar refractivity (Wildman–Crippen MR) is 87.8 cm³/mol. The number of amides is 1. The van der Waals surface area contributed by atoms with Gasteiger partial charge in [-0.2, -0.15) is 0 Å². The quantitative estimate of drug-likeness (QED) is 0.673. The standard InChI is InChI=1S/C17H17N3O4/c1-11-15(8-9-16(21)18-11)17(22)19(13-6-7-13)10-12-2-4-14(5-3-12)20(23)24/h2-5,8-9,13H,6-7,10H2,1H3,(H,18,21). The number of hydrogen-bond acceptors (Lipinski definition) is 4. The molecular weight excluding hydrogens is 310 g/mol. The molecule has 1 heterocycles. The number of non-ortho nitro benzene ring substituents is 1. The van der Waals surface area contributed by atoms with Gasteiger partial charge in [0.15, 0.2) is 0 Å². The van der Waals surface area contributed by atoms with Gasteiger partial charge in [0.25, 0.3) is 11.6 Å². The average molecular weight is 327 g/mol. The number of nitro groups is 1. The van der Waals surface area contributed by atoms with E-state index in [0.29, 0.717) is 17.8 Å². The highest BCUT2D eigenvalue weighted by atomic mass is 16.6. The van der Waals surface area contributed by atoms with E-state index in [9.17, 15) is 19.7 Å². The van der Waals surface area contributed by atoms with Crippen LogP contribution in [0.4, 0.5) is 5.69 Å². The van der Waals surface area contributed by atoms with Crippen LogP contribution in [0.25, 0.3) is 0 Å². The van der Waals surface area contributed by atoms with E-state index in [4.69, 9.17) is 0 Å². The van der Waals surface area contributed by atoms with Crippen LogP contribution < -0.4 is 5.56 Å². The number of carbonyl (C=O) groups is 1. The SMILES string of the molecule is Cc1[nH]c(=O)ccc1C(=O)N(Cc1ccc([N+](=O)[O-])cc1)C1CC1. The molecule has 0 atom stereocenters. The van der Waals surface area contributed by atoms with Crippen molar-refractivity contribution in [2.45, 2.75) is 32.4 Å². The van der Waals surface area contributed by atoms with Crippen LogP contribution in [0.5, 0.6) is 0 Å². The molecule has 0 radical (unpaired) electrons. The molecule has 0 bridgehead atoms. The molecule has 24 heavy (non-hydrogen) atoms. The lowest BCUT2D eigenvalue weighted by Gasteiger charge is -2.23. The van der Waals surface area contributed by atoms with Crippen molar-refractivity contribution in [2.24, 2.45) is 0 Å². The Morgan fingerprint density at radius 3 is 2.46 bits per heavy atom. The van der Waals surface area contributed by atoms with Gasteiger partial charge in [-0.1, -0.05) is 12.1 Å². The number of H-pyrrole nitrogens is 1. The van der Waals surface area contributed by atoms with E-state index >= 15 is 0 Å². The number of benzene rings is 1. The predicted octanol–water partition coefficient (Wildman–Crippen LogP) is 2.40. The average Bonchev–Trinajstić information content (AvgIpc) is 3.37. The van der Waals surface area contributed by atoms with Crippen molar-refractivity contribution in [3.8, 4) is 0 Å². The van der Waals surface area contributed by atoms with Crippen LogP contribution in [0.15, 0.2) is 41.2 Å². The highest BCUT2D eigenvalue weighted by Crippen LogP contribution is 2.30. The van der Waals surface area contributed by atoms with Crippen LogP contribution in [0.2, 0.25) is 0 Å². The normalized spacial score (nSPS) is 13.5. The molecule has 0 spiro atoms. The van der Waals surface area contributed by atoms with Gasteiger partial charge in [-0.15, -0.1) is 0 Å². The molecule has 124 valence electrons. The Bertz CT molecular complexity index is 838. The third-order valence-corrected chi connectivity index (χ3v) is 4.10. The number of pyridine rings is 1. The molecule has 1 saturated carbocycles. The summed E-state index contributed by atoms with van der Waals surface area (Å²) in [6, 6.07) is 9.28. The number of nitro benzene ring substituents is 1. The zero-order chi connectivity index (χ0) is 17.3. The number of rotatable bonds is 5. The van der Waals surface area contributed by atoms with Crippen molar-refractivity contribution in [1.82, 2.24) is 9.88 Å². The fourth-order valence-electron chi connectivity index (χ4n) is 2.64. The van der Waals surface area contributed by atoms with Crippen LogP contribution in [0, 0.1) is 17.0 Å². The van der Waals surface area contributed by atoms with E-state index in [2.05, 4.69) is 4.98 Å². The number of hydrogen-bond donors (Lipinski definition) is 1. The fraction of sp³-hybridized carbons (Fsp3) is 0.294. The van der Waals surface area contributed by atoms with Gasteiger partial charge >= 0.3 is 0 Å². The van der Waals surface area contributed by atoms with Gasteiger partial charge < -0.3 is 9.88 Å². The van der Waals surface area contributed by atoms with Crippen LogP contribution in [0.3, 0.4) is 0 Å². The summed E-state index contributed by atoms with van der Waals surface area (Å²) < 4.78 is 0. The van der Waals surface area contributed by atoms with Gasteiger partial charge in [-0.25, -0.2) is 0 Å². The maximum Gasteiger partial charge on any atom is 0.269 e. The van der Waals surface area contributed by atoms with Crippen molar-refractivity contribution in [1.29, 1.82) is 0 Å². The van der Waals surface area contributed by atoms with Gasteiger partial charge in [0.05, 0.1) is 10.5 Å². The Morgan fingerprint density at radius 1 is 1.25 bits per heavy atom. The molecule has 1 aliphatic rings. The third kappa shape index (κ3) is 3.34. The van der Waals surface area contributed by atoms with E-state index in [0.717, 1.165) is 18.4 Å². The molecule has 1 aromatic heterocycles. The minimum Gasteiger partial charge on any atom is -0.331 e. The highest BCUT2D eigenvalue weighted by Gasteiger charge is 2.33. The summed E-state index contributed by atoms with van der Waals surface area (Å²) in [5.41, 5.74) is 1.64. The molecule has 0 unspecified atom stereocenters. The molecule has 0 saturated heterocycles. The minimum atomic E-state index is -0.447. The first-order valence-corrected chi connectivity index (χ1v) is 7.70. The van der Waals surface area contributed by atoms with Crippen LogP contribution in [0.1, 0.15) is 34.5 Å². The molecule has 2 aromatic rings. The van der Waals surface area contributed by atoms with Crippen molar-refractivity contribution in [3.63, 3.8) is 0 Å². The smallest absolute Gasteiger partial charge is 0.269 e. The summed E-state index contributed by atoms with van der Waals surface area (Å²) in [7, 11) is 0. The van der Waals surface area contributed by atoms with Crippen molar-refractivity contribution >= 4 is 11.6 Å². The van der Waals surface area contributed by atoms with Gasteiger partial charge in [0, 0.05) is 36.5 Å². The number of aromatic nitrogens is 1. The lowest BCUT2D eigenvalue weighted by atomic mass is 10.1. The number of nitrogens with one attached hydrogen (secondary N) is 1. The number of nitrogens with zero attached hydrogens (tertiary/aromatic N) is 2. The highest BCUT2D eigenvalue weighted by molar-refractivity contribution is 5.95. The molecule has 1 aliphatic carbocycles. The Kier molecular flexibility index (Phi) is 4.16. The van der Waals surface area contributed by atoms with E-state index in [1.807, 2.05) is 0 Å². The molecule has 7 heteroatoms. The van der Waals surface area contributed by atoms with E-state index in [1.165, 1.54) is 18.2 Å². The molecule has 3 rings (SSSR count). The summed E-state index contributed by atoms with van der Waals surface area (Å²) in [4.78, 5) is 38.8. The second kappa shape index (κ2) is 6.27. The summed E-state index contributed by atoms with van der Waals surface area (Å²) >= 11 is 0. The summed E-state index contributed by atoms with van der Waals surface area (Å²) in [6.45, 7) is 2.09. The number of carbonyl (C=O) groups excluding carboxylic acids is 1. The molecular formula is C17H17N3O4. The second-order valence-corrected chi connectivity index (χ2v) is 5.95. The molecule has 7 nitrogen and oxygen atoms in total. The first kappa shape index (κ1) is 15.9. The molecule has 0 aliphatic heterocycles. The Hall–Kier alpha value is -2.96. The van der Waals surface area contributed by atoms with Crippen molar-refractivity contribution in [2.75, 3.05) is 0 Å². The Morgan fingerprint density at radius 2 is 1.92 bits per heavy atom. The topological polar surface area (TPSA) is 96.3 Å². The van der Waals surface area contributed by atoms with Gasteiger partial charge in [0.1, 0.15) is 0 Å². The fourth-order valence-corrected chi connectivity index (χ4v) is 2.64. The zero-order valence-electron chi connectivity index (χ0n) is 13.2. The Balaban J connectivity index is 1.83. The summed E-state index contributed by atoms with van der Waals surface area (Å²) in [5, 5.41) is 10.7. The van der Waals surface area contributed by atoms with Gasteiger partial charge in [0.2, 0.25) is 5.56 Å². The third-order valence-electron chi connectivity index (χ3n) is 4.10. The van der Waals surface area contributed by atoms with Crippen molar-refractivity contribution in [3.05, 3.63) is 73.7 Å². The monoisotopic (exact) mass is 327 g/mol. The van der Waals surface area contributed by atoms with E-state index in [1.54, 1.807) is 30.0 Å². The molecule has 1 aromatic carbocycles. The molecule has 1 fully saturated rings.